The predicted octanol–water partition coefficient (Wildman–Crippen LogP) is 1.54. The standard InChI is InChI=1S/C12H22N2O3/c1-8-5-9(2)14(6-8)11(17)13-7-12(3,4)10(15)16/h8-9H,5-7H2,1-4H3,(H,13,17)(H,15,16). The van der Waals surface area contributed by atoms with E-state index in [9.17, 15) is 9.59 Å². The quantitative estimate of drug-likeness (QED) is 0.788. The molecule has 0 spiro atoms. The number of carbonyl (C=O) groups is 2. The van der Waals surface area contributed by atoms with Gasteiger partial charge in [-0.05, 0) is 33.1 Å². The predicted molar refractivity (Wildman–Crippen MR) is 64.8 cm³/mol. The molecule has 2 unspecified atom stereocenters. The summed E-state index contributed by atoms with van der Waals surface area (Å²) in [6, 6.07) is 0.0779. The van der Waals surface area contributed by atoms with Crippen LogP contribution in [0.5, 0.6) is 0 Å². The summed E-state index contributed by atoms with van der Waals surface area (Å²) >= 11 is 0. The van der Waals surface area contributed by atoms with Crippen LogP contribution in [-0.2, 0) is 4.79 Å². The molecule has 1 saturated heterocycles. The molecule has 1 aliphatic rings. The van der Waals surface area contributed by atoms with E-state index in [1.54, 1.807) is 18.7 Å². The lowest BCUT2D eigenvalue weighted by Crippen LogP contribution is -2.46. The molecular formula is C12H22N2O3. The Bertz CT molecular complexity index is 315. The Balaban J connectivity index is 2.48. The van der Waals surface area contributed by atoms with Gasteiger partial charge in [-0.2, -0.15) is 0 Å². The molecule has 0 bridgehead atoms. The third-order valence-electron chi connectivity index (χ3n) is 3.31. The molecule has 2 atom stereocenters. The minimum Gasteiger partial charge on any atom is -0.481 e. The summed E-state index contributed by atoms with van der Waals surface area (Å²) in [7, 11) is 0. The van der Waals surface area contributed by atoms with Gasteiger partial charge < -0.3 is 15.3 Å². The van der Waals surface area contributed by atoms with Crippen molar-refractivity contribution in [3.05, 3.63) is 0 Å². The van der Waals surface area contributed by atoms with Crippen LogP contribution in [0.15, 0.2) is 0 Å². The van der Waals surface area contributed by atoms with Crippen LogP contribution in [0.25, 0.3) is 0 Å². The number of urea groups is 1. The van der Waals surface area contributed by atoms with Crippen LogP contribution in [0.4, 0.5) is 4.79 Å². The van der Waals surface area contributed by atoms with Crippen molar-refractivity contribution in [2.24, 2.45) is 11.3 Å². The van der Waals surface area contributed by atoms with Crippen molar-refractivity contribution >= 4 is 12.0 Å². The molecule has 98 valence electrons. The van der Waals surface area contributed by atoms with Crippen LogP contribution in [-0.4, -0.2) is 41.1 Å². The summed E-state index contributed by atoms with van der Waals surface area (Å²) in [5.74, 6) is -0.385. The number of carbonyl (C=O) groups excluding carboxylic acids is 1. The lowest BCUT2D eigenvalue weighted by atomic mass is 9.94. The molecule has 17 heavy (non-hydrogen) atoms. The summed E-state index contributed by atoms with van der Waals surface area (Å²) in [4.78, 5) is 24.6. The molecule has 0 radical (unpaired) electrons. The zero-order valence-electron chi connectivity index (χ0n) is 11.0. The van der Waals surface area contributed by atoms with Crippen LogP contribution in [0.3, 0.4) is 0 Å². The summed E-state index contributed by atoms with van der Waals surface area (Å²) in [5.41, 5.74) is -0.926. The Morgan fingerprint density at radius 2 is 2.00 bits per heavy atom. The number of likely N-dealkylation sites (tertiary alicyclic amines) is 1. The van der Waals surface area contributed by atoms with Gasteiger partial charge in [0.05, 0.1) is 5.41 Å². The van der Waals surface area contributed by atoms with Gasteiger partial charge in [0.2, 0.25) is 0 Å². The van der Waals surface area contributed by atoms with E-state index in [-0.39, 0.29) is 18.6 Å². The van der Waals surface area contributed by atoms with Gasteiger partial charge >= 0.3 is 12.0 Å². The molecule has 0 aromatic heterocycles. The highest BCUT2D eigenvalue weighted by atomic mass is 16.4. The third-order valence-corrected chi connectivity index (χ3v) is 3.31. The van der Waals surface area contributed by atoms with Gasteiger partial charge in [-0.3, -0.25) is 4.79 Å². The smallest absolute Gasteiger partial charge is 0.317 e. The van der Waals surface area contributed by atoms with Gasteiger partial charge in [0, 0.05) is 19.1 Å². The van der Waals surface area contributed by atoms with Crippen LogP contribution in [0, 0.1) is 11.3 Å². The Morgan fingerprint density at radius 1 is 1.41 bits per heavy atom. The van der Waals surface area contributed by atoms with E-state index in [0.717, 1.165) is 13.0 Å². The molecular weight excluding hydrogens is 220 g/mol. The number of rotatable bonds is 3. The zero-order valence-corrected chi connectivity index (χ0v) is 11.0. The minimum absolute atomic E-state index is 0.152. The van der Waals surface area contributed by atoms with Gasteiger partial charge in [-0.1, -0.05) is 6.92 Å². The first-order valence-electron chi connectivity index (χ1n) is 6.02. The van der Waals surface area contributed by atoms with E-state index in [1.807, 2.05) is 6.92 Å². The van der Waals surface area contributed by atoms with Gasteiger partial charge in [0.25, 0.3) is 0 Å². The molecule has 2 N–H and O–H groups in total. The van der Waals surface area contributed by atoms with Gasteiger partial charge in [0.15, 0.2) is 0 Å². The van der Waals surface area contributed by atoms with E-state index in [4.69, 9.17) is 5.11 Å². The fraction of sp³-hybridized carbons (Fsp3) is 0.833. The Morgan fingerprint density at radius 3 is 2.41 bits per heavy atom. The van der Waals surface area contributed by atoms with Gasteiger partial charge in [-0.25, -0.2) is 4.79 Å². The SMILES string of the molecule is CC1CC(C)N(C(=O)NCC(C)(C)C(=O)O)C1. The van der Waals surface area contributed by atoms with Crippen molar-refractivity contribution in [3.8, 4) is 0 Å². The molecule has 1 aliphatic heterocycles. The van der Waals surface area contributed by atoms with Crippen LogP contribution < -0.4 is 5.32 Å². The lowest BCUT2D eigenvalue weighted by Gasteiger charge is -2.25. The second kappa shape index (κ2) is 4.94. The molecule has 5 nitrogen and oxygen atoms in total. The largest absolute Gasteiger partial charge is 0.481 e. The third kappa shape index (κ3) is 3.35. The Hall–Kier alpha value is -1.26. The highest BCUT2D eigenvalue weighted by molar-refractivity contribution is 5.78. The molecule has 0 aromatic rings. The van der Waals surface area contributed by atoms with E-state index in [0.29, 0.717) is 5.92 Å². The minimum atomic E-state index is -0.926. The van der Waals surface area contributed by atoms with E-state index >= 15 is 0 Å². The van der Waals surface area contributed by atoms with Crippen molar-refractivity contribution in [2.45, 2.75) is 40.2 Å². The zero-order chi connectivity index (χ0) is 13.2. The average Bonchev–Trinajstić information content (AvgIpc) is 2.54. The number of nitrogens with one attached hydrogen (secondary N) is 1. The first-order valence-corrected chi connectivity index (χ1v) is 6.02. The van der Waals surface area contributed by atoms with Crippen molar-refractivity contribution in [1.29, 1.82) is 0 Å². The summed E-state index contributed by atoms with van der Waals surface area (Å²) in [6.45, 7) is 8.24. The molecule has 0 aromatic carbocycles. The molecule has 1 fully saturated rings. The number of carboxylic acids is 1. The number of aliphatic carboxylic acids is 1. The molecule has 0 aliphatic carbocycles. The van der Waals surface area contributed by atoms with Crippen molar-refractivity contribution in [2.75, 3.05) is 13.1 Å². The number of amides is 2. The van der Waals surface area contributed by atoms with E-state index in [2.05, 4.69) is 12.2 Å². The maximum absolute atomic E-state index is 11.9. The van der Waals surface area contributed by atoms with Crippen molar-refractivity contribution < 1.29 is 14.7 Å². The Labute approximate surface area is 102 Å². The Kier molecular flexibility index (Phi) is 4.01. The highest BCUT2D eigenvalue weighted by Crippen LogP contribution is 2.22. The summed E-state index contributed by atoms with van der Waals surface area (Å²) in [5, 5.41) is 11.7. The topological polar surface area (TPSA) is 69.6 Å². The van der Waals surface area contributed by atoms with Gasteiger partial charge in [0.1, 0.15) is 0 Å². The number of hydrogen-bond donors (Lipinski definition) is 2. The van der Waals surface area contributed by atoms with Crippen molar-refractivity contribution in [3.63, 3.8) is 0 Å². The molecule has 5 heteroatoms. The fourth-order valence-corrected chi connectivity index (χ4v) is 2.06. The summed E-state index contributed by atoms with van der Waals surface area (Å²) in [6.07, 6.45) is 1.01. The molecule has 2 amide bonds. The van der Waals surface area contributed by atoms with Gasteiger partial charge in [-0.15, -0.1) is 0 Å². The van der Waals surface area contributed by atoms with Crippen LogP contribution >= 0.6 is 0 Å². The monoisotopic (exact) mass is 242 g/mol. The summed E-state index contributed by atoms with van der Waals surface area (Å²) < 4.78 is 0. The maximum Gasteiger partial charge on any atom is 0.317 e. The maximum atomic E-state index is 11.9. The van der Waals surface area contributed by atoms with Crippen molar-refractivity contribution in [1.82, 2.24) is 10.2 Å². The molecule has 1 rings (SSSR count). The van der Waals surface area contributed by atoms with Crippen LogP contribution in [0.2, 0.25) is 0 Å². The highest BCUT2D eigenvalue weighted by Gasteiger charge is 2.32. The second-order valence-corrected chi connectivity index (χ2v) is 5.69. The lowest BCUT2D eigenvalue weighted by molar-refractivity contribution is -0.146. The first kappa shape index (κ1) is 13.8. The number of carboxylic acid groups (broad SMARTS) is 1. The van der Waals surface area contributed by atoms with E-state index in [1.165, 1.54) is 0 Å². The number of hydrogen-bond acceptors (Lipinski definition) is 2. The normalized spacial score (nSPS) is 24.8. The number of nitrogens with zero attached hydrogens (tertiary/aromatic N) is 1. The fourth-order valence-electron chi connectivity index (χ4n) is 2.06. The second-order valence-electron chi connectivity index (χ2n) is 5.69. The average molecular weight is 242 g/mol. The van der Waals surface area contributed by atoms with E-state index < -0.39 is 11.4 Å². The first-order chi connectivity index (χ1) is 7.74. The molecule has 0 saturated carbocycles. The van der Waals surface area contributed by atoms with Crippen LogP contribution in [0.1, 0.15) is 34.1 Å². The molecule has 1 heterocycles.